The van der Waals surface area contributed by atoms with Crippen molar-refractivity contribution < 1.29 is 0 Å². The second-order valence-corrected chi connectivity index (χ2v) is 16.8. The van der Waals surface area contributed by atoms with Crippen LogP contribution in [0, 0.1) is 0 Å². The Bertz CT molecular complexity index is 3380. The van der Waals surface area contributed by atoms with Crippen LogP contribution in [0.25, 0.3) is 87.1 Å². The Balaban J connectivity index is 1.03. The summed E-state index contributed by atoms with van der Waals surface area (Å²) in [4.78, 5) is 10.6. The molecule has 0 amide bonds. The Kier molecular flexibility index (Phi) is 7.97. The van der Waals surface area contributed by atoms with Gasteiger partial charge in [-0.2, -0.15) is 0 Å². The van der Waals surface area contributed by atoms with E-state index in [1.165, 1.54) is 70.1 Å². The Labute approximate surface area is 352 Å². The maximum absolute atomic E-state index is 5.35. The van der Waals surface area contributed by atoms with E-state index in [9.17, 15) is 0 Å². The summed E-state index contributed by atoms with van der Waals surface area (Å²) in [6.07, 6.45) is 0. The maximum Gasteiger partial charge on any atom is 0.160 e. The lowest BCUT2D eigenvalue weighted by atomic mass is 9.67. The minimum Gasteiger partial charge on any atom is -0.228 e. The van der Waals surface area contributed by atoms with Crippen LogP contribution in [0.3, 0.4) is 0 Å². The minimum absolute atomic E-state index is 0.457. The first-order chi connectivity index (χ1) is 29.7. The second kappa shape index (κ2) is 13.8. The van der Waals surface area contributed by atoms with Gasteiger partial charge in [-0.1, -0.05) is 188 Å². The number of hydrogen-bond donors (Lipinski definition) is 0. The van der Waals surface area contributed by atoms with Crippen molar-refractivity contribution in [2.75, 3.05) is 0 Å². The van der Waals surface area contributed by atoms with Crippen LogP contribution in [0.15, 0.2) is 218 Å². The molecular formula is C57H36N2S. The summed E-state index contributed by atoms with van der Waals surface area (Å²) in [5.41, 5.74) is 14.4. The van der Waals surface area contributed by atoms with E-state index in [1.54, 1.807) is 0 Å². The van der Waals surface area contributed by atoms with E-state index in [-0.39, 0.29) is 0 Å². The lowest BCUT2D eigenvalue weighted by Gasteiger charge is -2.33. The van der Waals surface area contributed by atoms with E-state index in [1.807, 2.05) is 11.3 Å². The van der Waals surface area contributed by atoms with Crippen molar-refractivity contribution in [3.63, 3.8) is 0 Å². The molecular weight excluding hydrogens is 745 g/mol. The zero-order valence-electron chi connectivity index (χ0n) is 32.6. The van der Waals surface area contributed by atoms with Crippen LogP contribution in [0.4, 0.5) is 0 Å². The van der Waals surface area contributed by atoms with E-state index in [2.05, 4.69) is 218 Å². The van der Waals surface area contributed by atoms with Crippen molar-refractivity contribution in [2.45, 2.75) is 5.41 Å². The van der Waals surface area contributed by atoms with Gasteiger partial charge < -0.3 is 0 Å². The van der Waals surface area contributed by atoms with Crippen molar-refractivity contribution in [2.24, 2.45) is 0 Å². The highest BCUT2D eigenvalue weighted by atomic mass is 32.1. The third-order valence-electron chi connectivity index (χ3n) is 12.4. The van der Waals surface area contributed by atoms with Gasteiger partial charge in [0.25, 0.3) is 0 Å². The molecule has 12 rings (SSSR count). The Hall–Kier alpha value is -7.46. The highest BCUT2D eigenvalue weighted by Gasteiger charge is 2.46. The number of fused-ring (bicyclic) bond motifs is 7. The largest absolute Gasteiger partial charge is 0.228 e. The van der Waals surface area contributed by atoms with E-state index in [0.717, 1.165) is 33.5 Å². The fourth-order valence-corrected chi connectivity index (χ4v) is 10.8. The fourth-order valence-electron chi connectivity index (χ4n) is 9.64. The molecule has 0 unspecified atom stereocenters. The molecule has 0 aliphatic heterocycles. The normalized spacial score (nSPS) is 12.8. The maximum atomic E-state index is 5.35. The molecule has 2 nitrogen and oxygen atoms in total. The van der Waals surface area contributed by atoms with Crippen molar-refractivity contribution in [3.05, 3.63) is 241 Å². The van der Waals surface area contributed by atoms with Crippen LogP contribution < -0.4 is 0 Å². The molecule has 0 atom stereocenters. The molecule has 1 aliphatic carbocycles. The summed E-state index contributed by atoms with van der Waals surface area (Å²) < 4.78 is 2.62. The fraction of sp³-hybridized carbons (Fsp3) is 0.0175. The van der Waals surface area contributed by atoms with Gasteiger partial charge in [0.2, 0.25) is 0 Å². The molecule has 1 aliphatic rings. The summed E-state index contributed by atoms with van der Waals surface area (Å²) in [5.74, 6) is 0.704. The van der Waals surface area contributed by atoms with Crippen molar-refractivity contribution in [3.8, 4) is 56.2 Å². The van der Waals surface area contributed by atoms with E-state index >= 15 is 0 Å². The van der Waals surface area contributed by atoms with E-state index < -0.39 is 5.41 Å². The van der Waals surface area contributed by atoms with Gasteiger partial charge >= 0.3 is 0 Å². The van der Waals surface area contributed by atoms with Crippen LogP contribution in [0.5, 0.6) is 0 Å². The van der Waals surface area contributed by atoms with Crippen LogP contribution >= 0.6 is 11.3 Å². The van der Waals surface area contributed by atoms with Gasteiger partial charge in [-0.15, -0.1) is 11.3 Å². The molecule has 0 radical (unpaired) electrons. The van der Waals surface area contributed by atoms with Crippen LogP contribution in [0.2, 0.25) is 0 Å². The molecule has 9 aromatic carbocycles. The standard InChI is InChI=1S/C57H36N2S/c1-3-16-43(17-4-1)57(44-18-5-2-6-19-44)49-23-11-9-20-46(49)48-35-41(32-33-50(48)57)52-36-51(58-56(59-52)42-31-26-37-14-7-8-15-40(37)34-42)39-29-27-38(28-30-39)45-22-13-25-54-55(45)47-21-10-12-24-53(47)60-54/h1-36H. The van der Waals surface area contributed by atoms with Gasteiger partial charge in [0.15, 0.2) is 5.82 Å². The molecule has 0 fully saturated rings. The number of hydrogen-bond acceptors (Lipinski definition) is 3. The predicted molar refractivity (Wildman–Crippen MR) is 251 cm³/mol. The second-order valence-electron chi connectivity index (χ2n) is 15.7. The molecule has 2 aromatic heterocycles. The average molecular weight is 781 g/mol. The average Bonchev–Trinajstić information content (AvgIpc) is 3.86. The van der Waals surface area contributed by atoms with Crippen LogP contribution in [-0.4, -0.2) is 9.97 Å². The van der Waals surface area contributed by atoms with Gasteiger partial charge in [0.1, 0.15) is 0 Å². The molecule has 0 spiro atoms. The van der Waals surface area contributed by atoms with E-state index in [0.29, 0.717) is 5.82 Å². The molecule has 0 saturated carbocycles. The quantitative estimate of drug-likeness (QED) is 0.168. The SMILES string of the molecule is c1ccc(C2(c3ccccc3)c3ccccc3-c3cc(-c4cc(-c5ccc(-c6cccc7sc8ccccc8c67)cc5)nc(-c5ccc6ccccc6c5)n4)ccc32)cc1. The molecule has 0 bridgehead atoms. The summed E-state index contributed by atoms with van der Waals surface area (Å²) in [6, 6.07) is 79.2. The van der Waals surface area contributed by atoms with Crippen LogP contribution in [-0.2, 0) is 5.41 Å². The molecule has 60 heavy (non-hydrogen) atoms. The predicted octanol–water partition coefficient (Wildman–Crippen LogP) is 15.0. The summed E-state index contributed by atoms with van der Waals surface area (Å²) >= 11 is 1.85. The first-order valence-electron chi connectivity index (χ1n) is 20.5. The first kappa shape index (κ1) is 34.6. The highest BCUT2D eigenvalue weighted by molar-refractivity contribution is 7.25. The molecule has 2 heterocycles. The minimum atomic E-state index is -0.457. The molecule has 3 heteroatoms. The summed E-state index contributed by atoms with van der Waals surface area (Å²) in [5, 5.41) is 4.98. The Morgan fingerprint density at radius 1 is 0.350 bits per heavy atom. The number of rotatable bonds is 6. The Morgan fingerprint density at radius 3 is 1.73 bits per heavy atom. The number of thiophene rings is 1. The molecule has 280 valence electrons. The number of benzene rings is 9. The van der Waals surface area contributed by atoms with Gasteiger partial charge in [-0.3, -0.25) is 0 Å². The van der Waals surface area contributed by atoms with Gasteiger partial charge in [-0.05, 0) is 85.6 Å². The zero-order chi connectivity index (χ0) is 39.6. The third kappa shape index (κ3) is 5.40. The highest BCUT2D eigenvalue weighted by Crippen LogP contribution is 2.56. The number of nitrogens with zero attached hydrogens (tertiary/aromatic N) is 2. The molecule has 0 saturated heterocycles. The van der Waals surface area contributed by atoms with Gasteiger partial charge in [0, 0.05) is 36.9 Å². The zero-order valence-corrected chi connectivity index (χ0v) is 33.4. The topological polar surface area (TPSA) is 25.8 Å². The molecule has 0 N–H and O–H groups in total. The summed E-state index contributed by atoms with van der Waals surface area (Å²) in [6.45, 7) is 0. The third-order valence-corrected chi connectivity index (χ3v) is 13.5. The van der Waals surface area contributed by atoms with Crippen LogP contribution in [0.1, 0.15) is 22.3 Å². The lowest BCUT2D eigenvalue weighted by molar-refractivity contribution is 0.768. The molecule has 11 aromatic rings. The Morgan fingerprint density at radius 2 is 0.933 bits per heavy atom. The first-order valence-corrected chi connectivity index (χ1v) is 21.3. The monoisotopic (exact) mass is 780 g/mol. The van der Waals surface area contributed by atoms with Crippen molar-refractivity contribution in [1.82, 2.24) is 9.97 Å². The summed E-state index contributed by atoms with van der Waals surface area (Å²) in [7, 11) is 0. The van der Waals surface area contributed by atoms with Crippen molar-refractivity contribution in [1.29, 1.82) is 0 Å². The van der Waals surface area contributed by atoms with E-state index in [4.69, 9.17) is 9.97 Å². The van der Waals surface area contributed by atoms with Gasteiger partial charge in [0.05, 0.1) is 16.8 Å². The van der Waals surface area contributed by atoms with Crippen molar-refractivity contribution >= 4 is 42.3 Å². The smallest absolute Gasteiger partial charge is 0.160 e. The lowest BCUT2D eigenvalue weighted by Crippen LogP contribution is -2.28. The van der Waals surface area contributed by atoms with Gasteiger partial charge in [-0.25, -0.2) is 9.97 Å². The number of aromatic nitrogens is 2.